The van der Waals surface area contributed by atoms with Crippen molar-refractivity contribution in [1.82, 2.24) is 4.90 Å². The minimum atomic E-state index is -3.74. The van der Waals surface area contributed by atoms with Gasteiger partial charge in [-0.1, -0.05) is 0 Å². The zero-order valence-corrected chi connectivity index (χ0v) is 14.3. The third kappa shape index (κ3) is 3.22. The van der Waals surface area contributed by atoms with Crippen molar-refractivity contribution in [2.24, 2.45) is 0 Å². The van der Waals surface area contributed by atoms with E-state index < -0.39 is 15.7 Å². The molecule has 0 radical (unpaired) electrons. The molecule has 7 heteroatoms. The van der Waals surface area contributed by atoms with E-state index in [0.29, 0.717) is 11.4 Å². The molecule has 2 aromatic rings. The molecule has 1 heterocycles. The Morgan fingerprint density at radius 3 is 2.25 bits per heavy atom. The van der Waals surface area contributed by atoms with Gasteiger partial charge in [0.25, 0.3) is 0 Å². The highest BCUT2D eigenvalue weighted by atomic mass is 32.2. The van der Waals surface area contributed by atoms with Crippen LogP contribution in [0.1, 0.15) is 0 Å². The Labute approximate surface area is 141 Å². The zero-order valence-electron chi connectivity index (χ0n) is 13.4. The second-order valence-corrected chi connectivity index (χ2v) is 7.89. The third-order valence-corrected chi connectivity index (χ3v) is 6.06. The van der Waals surface area contributed by atoms with E-state index in [1.165, 1.54) is 18.2 Å². The third-order valence-electron chi connectivity index (χ3n) is 4.24. The van der Waals surface area contributed by atoms with E-state index in [-0.39, 0.29) is 9.79 Å². The minimum absolute atomic E-state index is 0.0732. The van der Waals surface area contributed by atoms with Gasteiger partial charge in [-0.15, -0.1) is 0 Å². The maximum absolute atomic E-state index is 13.1. The van der Waals surface area contributed by atoms with Crippen molar-refractivity contribution in [2.45, 2.75) is 9.79 Å². The van der Waals surface area contributed by atoms with Crippen molar-refractivity contribution in [3.05, 3.63) is 48.3 Å². The number of nitrogen functional groups attached to an aromatic ring is 1. The van der Waals surface area contributed by atoms with Crippen molar-refractivity contribution in [2.75, 3.05) is 43.9 Å². The normalized spacial score (nSPS) is 16.3. The highest BCUT2D eigenvalue weighted by molar-refractivity contribution is 7.91. The maximum Gasteiger partial charge on any atom is 0.208 e. The number of hydrogen-bond donors (Lipinski definition) is 1. The fourth-order valence-corrected chi connectivity index (χ4v) is 4.26. The highest BCUT2D eigenvalue weighted by Crippen LogP contribution is 2.32. The Hall–Kier alpha value is -2.12. The van der Waals surface area contributed by atoms with Crippen LogP contribution in [0.5, 0.6) is 0 Å². The van der Waals surface area contributed by atoms with Crippen LogP contribution in [-0.2, 0) is 9.84 Å². The van der Waals surface area contributed by atoms with E-state index in [9.17, 15) is 12.8 Å². The van der Waals surface area contributed by atoms with Gasteiger partial charge in [0.1, 0.15) is 5.82 Å². The van der Waals surface area contributed by atoms with E-state index in [1.54, 1.807) is 12.1 Å². The number of likely N-dealkylation sites (N-methyl/N-ethyl adjacent to an activating group) is 1. The first kappa shape index (κ1) is 16.7. The molecule has 0 aromatic heterocycles. The van der Waals surface area contributed by atoms with Gasteiger partial charge in [-0.05, 0) is 49.5 Å². The first-order chi connectivity index (χ1) is 11.4. The molecule has 5 nitrogen and oxygen atoms in total. The molecule has 0 saturated carbocycles. The number of halogens is 1. The van der Waals surface area contributed by atoms with Crippen LogP contribution in [0, 0.1) is 5.82 Å². The lowest BCUT2D eigenvalue weighted by atomic mass is 10.2. The molecule has 0 unspecified atom stereocenters. The van der Waals surface area contributed by atoms with Gasteiger partial charge in [-0.3, -0.25) is 0 Å². The highest BCUT2D eigenvalue weighted by Gasteiger charge is 2.26. The Morgan fingerprint density at radius 2 is 1.62 bits per heavy atom. The quantitative estimate of drug-likeness (QED) is 0.678. The molecule has 3 rings (SSSR count). The molecule has 0 amide bonds. The molecule has 0 bridgehead atoms. The van der Waals surface area contributed by atoms with Crippen LogP contribution < -0.4 is 10.6 Å². The lowest BCUT2D eigenvalue weighted by molar-refractivity contribution is 0.312. The minimum Gasteiger partial charge on any atom is -0.399 e. The molecular weight excluding hydrogens is 329 g/mol. The Bertz CT molecular complexity index is 829. The Kier molecular flexibility index (Phi) is 4.47. The van der Waals surface area contributed by atoms with Crippen molar-refractivity contribution in [3.63, 3.8) is 0 Å². The summed E-state index contributed by atoms with van der Waals surface area (Å²) < 4.78 is 39.1. The number of sulfone groups is 1. The number of anilines is 2. The molecule has 1 fully saturated rings. The molecule has 1 aliphatic heterocycles. The molecule has 0 atom stereocenters. The number of nitrogens with zero attached hydrogens (tertiary/aromatic N) is 2. The predicted molar refractivity (Wildman–Crippen MR) is 92.4 cm³/mol. The molecule has 0 aliphatic carbocycles. The average Bonchev–Trinajstić information content (AvgIpc) is 2.55. The standard InChI is InChI=1S/C17H20FN3O2S/c1-20-8-10-21(11-9-20)16-12-14(19)4-7-17(16)24(22,23)15-5-2-13(18)3-6-15/h2-7,12H,8-11,19H2,1H3. The topological polar surface area (TPSA) is 66.6 Å². The van der Waals surface area contributed by atoms with Gasteiger partial charge in [0.15, 0.2) is 0 Å². The van der Waals surface area contributed by atoms with Gasteiger partial charge in [0.2, 0.25) is 9.84 Å². The summed E-state index contributed by atoms with van der Waals surface area (Å²) in [6, 6.07) is 9.68. The van der Waals surface area contributed by atoms with E-state index in [4.69, 9.17) is 5.73 Å². The summed E-state index contributed by atoms with van der Waals surface area (Å²) in [4.78, 5) is 4.50. The van der Waals surface area contributed by atoms with Crippen LogP contribution in [0.3, 0.4) is 0 Å². The maximum atomic E-state index is 13.1. The van der Waals surface area contributed by atoms with E-state index in [1.807, 2.05) is 11.9 Å². The van der Waals surface area contributed by atoms with Gasteiger partial charge in [-0.2, -0.15) is 0 Å². The summed E-state index contributed by atoms with van der Waals surface area (Å²) in [5.74, 6) is -0.467. The van der Waals surface area contributed by atoms with Gasteiger partial charge in [-0.25, -0.2) is 12.8 Å². The summed E-state index contributed by atoms with van der Waals surface area (Å²) >= 11 is 0. The smallest absolute Gasteiger partial charge is 0.208 e. The monoisotopic (exact) mass is 349 g/mol. The largest absolute Gasteiger partial charge is 0.399 e. The lowest BCUT2D eigenvalue weighted by Crippen LogP contribution is -2.45. The number of nitrogens with two attached hydrogens (primary N) is 1. The molecule has 128 valence electrons. The molecule has 24 heavy (non-hydrogen) atoms. The number of hydrogen-bond acceptors (Lipinski definition) is 5. The van der Waals surface area contributed by atoms with Crippen molar-refractivity contribution in [1.29, 1.82) is 0 Å². The van der Waals surface area contributed by atoms with Gasteiger partial charge in [0.05, 0.1) is 15.5 Å². The molecule has 2 aromatic carbocycles. The van der Waals surface area contributed by atoms with E-state index in [0.717, 1.165) is 38.3 Å². The average molecular weight is 349 g/mol. The molecule has 1 aliphatic rings. The van der Waals surface area contributed by atoms with Crippen LogP contribution in [0.4, 0.5) is 15.8 Å². The summed E-state index contributed by atoms with van der Waals surface area (Å²) in [7, 11) is -1.71. The van der Waals surface area contributed by atoms with E-state index in [2.05, 4.69) is 4.90 Å². The van der Waals surface area contributed by atoms with Crippen molar-refractivity contribution in [3.8, 4) is 0 Å². The van der Waals surface area contributed by atoms with Crippen molar-refractivity contribution >= 4 is 21.2 Å². The fourth-order valence-electron chi connectivity index (χ4n) is 2.80. The fraction of sp³-hybridized carbons (Fsp3) is 0.294. The summed E-state index contributed by atoms with van der Waals surface area (Å²) in [6.07, 6.45) is 0. The van der Waals surface area contributed by atoms with Gasteiger partial charge < -0.3 is 15.5 Å². The number of piperazine rings is 1. The molecule has 0 spiro atoms. The molecule has 2 N–H and O–H groups in total. The second kappa shape index (κ2) is 6.41. The molecule has 1 saturated heterocycles. The summed E-state index contributed by atoms with van der Waals surface area (Å²) in [5.41, 5.74) is 7.00. The first-order valence-corrected chi connectivity index (χ1v) is 9.20. The van der Waals surface area contributed by atoms with E-state index >= 15 is 0 Å². The van der Waals surface area contributed by atoms with Crippen LogP contribution in [0.2, 0.25) is 0 Å². The Balaban J connectivity index is 2.05. The van der Waals surface area contributed by atoms with Gasteiger partial charge >= 0.3 is 0 Å². The van der Waals surface area contributed by atoms with Crippen molar-refractivity contribution < 1.29 is 12.8 Å². The summed E-state index contributed by atoms with van der Waals surface area (Å²) in [5, 5.41) is 0. The molecular formula is C17H20FN3O2S. The van der Waals surface area contributed by atoms with Crippen LogP contribution in [-0.4, -0.2) is 46.5 Å². The van der Waals surface area contributed by atoms with Gasteiger partial charge in [0, 0.05) is 31.9 Å². The predicted octanol–water partition coefficient (Wildman–Crippen LogP) is 1.99. The SMILES string of the molecule is CN1CCN(c2cc(N)ccc2S(=O)(=O)c2ccc(F)cc2)CC1. The first-order valence-electron chi connectivity index (χ1n) is 7.71. The Morgan fingerprint density at radius 1 is 1.00 bits per heavy atom. The van der Waals surface area contributed by atoms with Crippen LogP contribution in [0.25, 0.3) is 0 Å². The number of rotatable bonds is 3. The summed E-state index contributed by atoms with van der Waals surface area (Å²) in [6.45, 7) is 3.16. The lowest BCUT2D eigenvalue weighted by Gasteiger charge is -2.35. The second-order valence-electron chi connectivity index (χ2n) is 5.97. The zero-order chi connectivity index (χ0) is 17.3. The van der Waals surface area contributed by atoms with Crippen LogP contribution in [0.15, 0.2) is 52.3 Å². The van der Waals surface area contributed by atoms with Crippen LogP contribution >= 0.6 is 0 Å². The number of benzene rings is 2.